The lowest BCUT2D eigenvalue weighted by molar-refractivity contribution is 0.0991. The van der Waals surface area contributed by atoms with Crippen LogP contribution in [-0.2, 0) is 13.5 Å². The van der Waals surface area contributed by atoms with Gasteiger partial charge in [0.2, 0.25) is 0 Å². The number of fused-ring (bicyclic) bond motifs is 1. The molecule has 0 saturated carbocycles. The number of rotatable bonds is 7. The molecule has 6 aromatic rings. The van der Waals surface area contributed by atoms with E-state index in [-0.39, 0.29) is 17.7 Å². The molecule has 0 fully saturated rings. The van der Waals surface area contributed by atoms with Crippen molar-refractivity contribution in [3.05, 3.63) is 123 Å². The van der Waals surface area contributed by atoms with E-state index in [1.54, 1.807) is 52.8 Å². The van der Waals surface area contributed by atoms with Crippen LogP contribution in [0.2, 0.25) is 0 Å². The Labute approximate surface area is 231 Å². The quantitative estimate of drug-likeness (QED) is 0.215. The first kappa shape index (κ1) is 25.4. The molecular weight excluding hydrogens is 534 g/mol. The van der Waals surface area contributed by atoms with Crippen LogP contribution in [0, 0.1) is 18.6 Å². The number of hydrogen-bond acceptors (Lipinski definition) is 5. The average Bonchev–Trinajstić information content (AvgIpc) is 3.66. The summed E-state index contributed by atoms with van der Waals surface area (Å²) < 4.78 is 39.1. The molecule has 4 aromatic heterocycles. The highest BCUT2D eigenvalue weighted by Gasteiger charge is 2.23. The molecule has 0 bridgehead atoms. The molecule has 40 heavy (non-hydrogen) atoms. The second-order valence-electron chi connectivity index (χ2n) is 9.24. The monoisotopic (exact) mass is 556 g/mol. The van der Waals surface area contributed by atoms with Gasteiger partial charge in [0.05, 0.1) is 11.9 Å². The minimum Gasteiger partial charge on any atom is -0.452 e. The van der Waals surface area contributed by atoms with Gasteiger partial charge in [-0.1, -0.05) is 12.1 Å². The SMILES string of the molecule is Cc1c(C(=O)Cc2ccc(Oc3ccnn4ccc(-c5cccs5)c34)c(F)c2)c(=O)n(-c2ccc(F)cc2)n1C. The molecule has 0 amide bonds. The summed E-state index contributed by atoms with van der Waals surface area (Å²) in [6, 6.07) is 17.3. The number of carbonyl (C=O) groups excluding carboxylic acids is 1. The number of halogens is 2. The van der Waals surface area contributed by atoms with E-state index in [4.69, 9.17) is 4.74 Å². The number of thiophene rings is 1. The van der Waals surface area contributed by atoms with Crippen LogP contribution in [0.4, 0.5) is 8.78 Å². The zero-order chi connectivity index (χ0) is 28.0. The lowest BCUT2D eigenvalue weighted by Crippen LogP contribution is -2.23. The van der Waals surface area contributed by atoms with Gasteiger partial charge in [-0.2, -0.15) is 5.10 Å². The van der Waals surface area contributed by atoms with E-state index >= 15 is 4.39 Å². The van der Waals surface area contributed by atoms with Crippen molar-refractivity contribution in [3.8, 4) is 27.6 Å². The van der Waals surface area contributed by atoms with Crippen molar-refractivity contribution < 1.29 is 18.3 Å². The molecule has 7 nitrogen and oxygen atoms in total. The van der Waals surface area contributed by atoms with Gasteiger partial charge in [0.25, 0.3) is 5.56 Å². The minimum atomic E-state index is -0.641. The lowest BCUT2D eigenvalue weighted by atomic mass is 10.0. The third-order valence-electron chi connectivity index (χ3n) is 6.79. The zero-order valence-electron chi connectivity index (χ0n) is 21.5. The fourth-order valence-electron chi connectivity index (χ4n) is 4.76. The Balaban J connectivity index is 1.27. The number of ketones is 1. The maximum Gasteiger partial charge on any atom is 0.282 e. The van der Waals surface area contributed by atoms with Gasteiger partial charge in [0.15, 0.2) is 23.1 Å². The van der Waals surface area contributed by atoms with Crippen molar-refractivity contribution in [1.82, 2.24) is 19.0 Å². The molecule has 0 unspecified atom stereocenters. The minimum absolute atomic E-state index is 0.000997. The highest BCUT2D eigenvalue weighted by Crippen LogP contribution is 2.36. The molecular formula is C30H22F2N4O3S. The highest BCUT2D eigenvalue weighted by molar-refractivity contribution is 7.13. The van der Waals surface area contributed by atoms with E-state index in [9.17, 15) is 14.0 Å². The molecule has 0 aliphatic heterocycles. The molecule has 10 heteroatoms. The van der Waals surface area contributed by atoms with Crippen molar-refractivity contribution in [3.63, 3.8) is 0 Å². The summed E-state index contributed by atoms with van der Waals surface area (Å²) in [5.41, 5.74) is 2.39. The van der Waals surface area contributed by atoms with E-state index in [0.717, 1.165) is 10.4 Å². The second-order valence-corrected chi connectivity index (χ2v) is 10.2. The van der Waals surface area contributed by atoms with E-state index in [1.807, 2.05) is 29.8 Å². The first-order chi connectivity index (χ1) is 19.3. The first-order valence-electron chi connectivity index (χ1n) is 12.4. The molecule has 0 N–H and O–H groups in total. The summed E-state index contributed by atoms with van der Waals surface area (Å²) in [5, 5.41) is 6.30. The Hall–Kier alpha value is -4.83. The van der Waals surface area contributed by atoms with Gasteiger partial charge in [0.1, 0.15) is 16.9 Å². The predicted molar refractivity (Wildman–Crippen MR) is 149 cm³/mol. The average molecular weight is 557 g/mol. The number of carbonyl (C=O) groups is 1. The van der Waals surface area contributed by atoms with Crippen molar-refractivity contribution in [1.29, 1.82) is 0 Å². The van der Waals surface area contributed by atoms with E-state index in [2.05, 4.69) is 5.10 Å². The lowest BCUT2D eigenvalue weighted by Gasteiger charge is -2.10. The first-order valence-corrected chi connectivity index (χ1v) is 13.2. The Bertz CT molecular complexity index is 1940. The largest absolute Gasteiger partial charge is 0.452 e. The molecule has 0 atom stereocenters. The normalized spacial score (nSPS) is 11.3. The number of benzene rings is 2. The predicted octanol–water partition coefficient (Wildman–Crippen LogP) is 6.36. The Morgan fingerprint density at radius 2 is 1.82 bits per heavy atom. The van der Waals surface area contributed by atoms with E-state index in [0.29, 0.717) is 28.2 Å². The van der Waals surface area contributed by atoms with Gasteiger partial charge in [0, 0.05) is 41.9 Å². The second kappa shape index (κ2) is 10.0. The van der Waals surface area contributed by atoms with E-state index in [1.165, 1.54) is 41.1 Å². The van der Waals surface area contributed by atoms with Crippen molar-refractivity contribution in [2.75, 3.05) is 0 Å². The van der Waals surface area contributed by atoms with Crippen LogP contribution in [0.25, 0.3) is 21.6 Å². The Kier molecular flexibility index (Phi) is 6.39. The zero-order valence-corrected chi connectivity index (χ0v) is 22.3. The number of ether oxygens (including phenoxy) is 1. The Morgan fingerprint density at radius 3 is 2.55 bits per heavy atom. The summed E-state index contributed by atoms with van der Waals surface area (Å²) in [7, 11) is 1.65. The molecule has 0 radical (unpaired) electrons. The van der Waals surface area contributed by atoms with Crippen LogP contribution in [-0.4, -0.2) is 24.8 Å². The molecule has 0 aliphatic rings. The number of nitrogens with zero attached hydrogens (tertiary/aromatic N) is 4. The summed E-state index contributed by atoms with van der Waals surface area (Å²) in [6.07, 6.45) is 3.21. The third-order valence-corrected chi connectivity index (χ3v) is 7.69. The number of aromatic nitrogens is 4. The Morgan fingerprint density at radius 1 is 1.02 bits per heavy atom. The van der Waals surface area contributed by atoms with Crippen molar-refractivity contribution >= 4 is 22.6 Å². The van der Waals surface area contributed by atoms with Gasteiger partial charge in [-0.3, -0.25) is 14.3 Å². The fraction of sp³-hybridized carbons (Fsp3) is 0.100. The van der Waals surface area contributed by atoms with Crippen LogP contribution in [0.5, 0.6) is 11.5 Å². The van der Waals surface area contributed by atoms with Crippen LogP contribution < -0.4 is 10.3 Å². The summed E-state index contributed by atoms with van der Waals surface area (Å²) in [5.74, 6) is -1.09. The van der Waals surface area contributed by atoms with Gasteiger partial charge < -0.3 is 4.74 Å². The van der Waals surface area contributed by atoms with Crippen molar-refractivity contribution in [2.24, 2.45) is 7.05 Å². The summed E-state index contributed by atoms with van der Waals surface area (Å²) in [4.78, 5) is 27.4. The number of hydrogen-bond donors (Lipinski definition) is 0. The van der Waals surface area contributed by atoms with Crippen LogP contribution in [0.15, 0.2) is 89.3 Å². The van der Waals surface area contributed by atoms with Crippen LogP contribution >= 0.6 is 11.3 Å². The molecule has 6 rings (SSSR count). The molecule has 200 valence electrons. The summed E-state index contributed by atoms with van der Waals surface area (Å²) >= 11 is 1.58. The van der Waals surface area contributed by atoms with Gasteiger partial charge in [-0.15, -0.1) is 11.3 Å². The maximum atomic E-state index is 15.2. The van der Waals surface area contributed by atoms with Crippen LogP contribution in [0.1, 0.15) is 21.6 Å². The van der Waals surface area contributed by atoms with Crippen LogP contribution in [0.3, 0.4) is 0 Å². The van der Waals surface area contributed by atoms with Gasteiger partial charge in [-0.25, -0.2) is 18.0 Å². The molecule has 0 saturated heterocycles. The maximum absolute atomic E-state index is 15.2. The highest BCUT2D eigenvalue weighted by atomic mass is 32.1. The standard InChI is InChI=1S/C30H22F2N4O3S/c1-18-28(30(38)36(34(18)2)21-8-6-20(31)7-9-21)24(37)17-19-5-10-25(23(32)16-19)39-26-11-13-33-35-14-12-22(29(26)35)27-4-3-15-40-27/h3-16H,17H2,1-2H3. The molecule has 4 heterocycles. The molecule has 0 spiro atoms. The van der Waals surface area contributed by atoms with Gasteiger partial charge >= 0.3 is 0 Å². The number of Topliss-reactive ketones (excluding diaryl/α,β-unsaturated/α-hetero) is 1. The third kappa shape index (κ3) is 4.42. The smallest absolute Gasteiger partial charge is 0.282 e. The van der Waals surface area contributed by atoms with Gasteiger partial charge in [-0.05, 0) is 66.4 Å². The van der Waals surface area contributed by atoms with E-state index < -0.39 is 23.0 Å². The molecule has 2 aromatic carbocycles. The van der Waals surface area contributed by atoms with Crippen molar-refractivity contribution in [2.45, 2.75) is 13.3 Å². The summed E-state index contributed by atoms with van der Waals surface area (Å²) in [6.45, 7) is 1.66. The topological polar surface area (TPSA) is 70.5 Å². The fourth-order valence-corrected chi connectivity index (χ4v) is 5.51. The molecule has 0 aliphatic carbocycles.